The lowest BCUT2D eigenvalue weighted by Crippen LogP contribution is -2.30. The highest BCUT2D eigenvalue weighted by Crippen LogP contribution is 2.18. The number of unbranched alkanes of at least 4 members (excludes halogenated alkanes) is 7. The Hall–Kier alpha value is -1.96. The number of nitrogens with zero attached hydrogens (tertiary/aromatic N) is 2. The number of nitrogens with one attached hydrogen (secondary N) is 1. The maximum absolute atomic E-state index is 11.7. The predicted molar refractivity (Wildman–Crippen MR) is 125 cm³/mol. The van der Waals surface area contributed by atoms with Crippen molar-refractivity contribution in [1.29, 1.82) is 0 Å². The number of hydrogen-bond donors (Lipinski definition) is 3. The first-order valence-electron chi connectivity index (χ1n) is 11.2. The summed E-state index contributed by atoms with van der Waals surface area (Å²) in [6, 6.07) is 8.24. The van der Waals surface area contributed by atoms with E-state index >= 15 is 0 Å². The second-order valence-electron chi connectivity index (χ2n) is 7.80. The van der Waals surface area contributed by atoms with Crippen LogP contribution in [0.5, 0.6) is 0 Å². The average Bonchev–Trinajstić information content (AvgIpc) is 3.23. The molecule has 0 unspecified atom stereocenters. The number of benzene rings is 1. The largest absolute Gasteiger partial charge is 0.391 e. The number of nitrogens with two attached hydrogens (primary N) is 1. The van der Waals surface area contributed by atoms with Crippen molar-refractivity contribution in [1.82, 2.24) is 15.5 Å². The van der Waals surface area contributed by atoms with Crippen molar-refractivity contribution in [2.24, 2.45) is 5.73 Å². The number of halogens is 1. The number of aromatic nitrogens is 2. The first kappa shape index (κ1) is 27.1. The molecule has 31 heavy (non-hydrogen) atoms. The van der Waals surface area contributed by atoms with Crippen molar-refractivity contribution in [3.8, 4) is 11.4 Å². The Kier molecular flexibility index (Phi) is 13.8. The third-order valence-corrected chi connectivity index (χ3v) is 5.13. The number of rotatable bonds is 15. The zero-order chi connectivity index (χ0) is 21.6. The SMILES string of the molecule is CCCCCCCCCCc1ccc(-c2noc(CNC(=O)C[C@@H](O)CN)n2)cc1.Cl. The maximum atomic E-state index is 11.7. The molecular weight excluding hydrogens is 416 g/mol. The van der Waals surface area contributed by atoms with E-state index in [1.807, 2.05) is 12.1 Å². The molecule has 0 fully saturated rings. The number of carbonyl (C=O) groups excluding carboxylic acids is 1. The van der Waals surface area contributed by atoms with Gasteiger partial charge in [-0.2, -0.15) is 4.98 Å². The van der Waals surface area contributed by atoms with Gasteiger partial charge in [-0.25, -0.2) is 0 Å². The fourth-order valence-electron chi connectivity index (χ4n) is 3.27. The fourth-order valence-corrected chi connectivity index (χ4v) is 3.27. The Bertz CT molecular complexity index is 737. The minimum atomic E-state index is -0.840. The third-order valence-electron chi connectivity index (χ3n) is 5.13. The smallest absolute Gasteiger partial charge is 0.246 e. The van der Waals surface area contributed by atoms with Gasteiger partial charge in [-0.3, -0.25) is 4.79 Å². The minimum Gasteiger partial charge on any atom is -0.391 e. The van der Waals surface area contributed by atoms with Gasteiger partial charge < -0.3 is 20.7 Å². The summed E-state index contributed by atoms with van der Waals surface area (Å²) < 4.78 is 5.19. The van der Waals surface area contributed by atoms with Crippen LogP contribution in [-0.2, 0) is 17.8 Å². The molecule has 2 aromatic rings. The Labute approximate surface area is 191 Å². The lowest BCUT2D eigenvalue weighted by molar-refractivity contribution is -0.123. The molecule has 0 saturated heterocycles. The first-order valence-corrected chi connectivity index (χ1v) is 11.2. The summed E-state index contributed by atoms with van der Waals surface area (Å²) in [6.07, 6.45) is 10.8. The molecule has 0 radical (unpaired) electrons. The zero-order valence-electron chi connectivity index (χ0n) is 18.5. The molecule has 0 aliphatic rings. The van der Waals surface area contributed by atoms with E-state index in [4.69, 9.17) is 10.3 Å². The van der Waals surface area contributed by atoms with Gasteiger partial charge in [0.05, 0.1) is 19.1 Å². The Morgan fingerprint density at radius 2 is 1.74 bits per heavy atom. The summed E-state index contributed by atoms with van der Waals surface area (Å²) >= 11 is 0. The summed E-state index contributed by atoms with van der Waals surface area (Å²) in [4.78, 5) is 16.0. The Morgan fingerprint density at radius 1 is 1.10 bits per heavy atom. The molecule has 174 valence electrons. The molecule has 1 atom stereocenters. The molecular formula is C23H37ClN4O3. The molecule has 0 aliphatic carbocycles. The average molecular weight is 453 g/mol. The number of aliphatic hydroxyl groups is 1. The third kappa shape index (κ3) is 10.8. The van der Waals surface area contributed by atoms with Crippen LogP contribution in [0.3, 0.4) is 0 Å². The highest BCUT2D eigenvalue weighted by atomic mass is 35.5. The van der Waals surface area contributed by atoms with Crippen molar-refractivity contribution in [2.45, 2.75) is 83.8 Å². The van der Waals surface area contributed by atoms with E-state index in [-0.39, 0.29) is 37.8 Å². The molecule has 8 heteroatoms. The topological polar surface area (TPSA) is 114 Å². The summed E-state index contributed by atoms with van der Waals surface area (Å²) in [7, 11) is 0. The van der Waals surface area contributed by atoms with E-state index in [1.165, 1.54) is 56.9 Å². The van der Waals surface area contributed by atoms with Crippen LogP contribution in [0.25, 0.3) is 11.4 Å². The van der Waals surface area contributed by atoms with Crippen molar-refractivity contribution in [3.63, 3.8) is 0 Å². The molecule has 1 heterocycles. The monoisotopic (exact) mass is 452 g/mol. The van der Waals surface area contributed by atoms with E-state index in [9.17, 15) is 9.90 Å². The molecule has 7 nitrogen and oxygen atoms in total. The molecule has 1 amide bonds. The standard InChI is InChI=1S/C23H36N4O3.ClH/c1-2-3-4-5-6-7-8-9-10-18-11-13-19(14-12-18)23-26-22(30-27-23)17-25-21(29)15-20(28)16-24;/h11-14,20,28H,2-10,15-17,24H2,1H3,(H,25,29);1H/t20-;/m1./s1. The number of hydrogen-bond acceptors (Lipinski definition) is 6. The molecule has 0 spiro atoms. The van der Waals surface area contributed by atoms with Gasteiger partial charge in [0.1, 0.15) is 0 Å². The van der Waals surface area contributed by atoms with Gasteiger partial charge in [-0.15, -0.1) is 12.4 Å². The lowest BCUT2D eigenvalue weighted by atomic mass is 10.0. The Morgan fingerprint density at radius 3 is 2.39 bits per heavy atom. The van der Waals surface area contributed by atoms with E-state index in [0.717, 1.165) is 12.0 Å². The molecule has 2 rings (SSSR count). The van der Waals surface area contributed by atoms with Gasteiger partial charge in [0.15, 0.2) is 0 Å². The van der Waals surface area contributed by atoms with Crippen molar-refractivity contribution >= 4 is 18.3 Å². The van der Waals surface area contributed by atoms with E-state index < -0.39 is 6.10 Å². The maximum Gasteiger partial charge on any atom is 0.246 e. The van der Waals surface area contributed by atoms with Gasteiger partial charge in [0.2, 0.25) is 17.6 Å². The number of aliphatic hydroxyl groups excluding tert-OH is 1. The summed E-state index contributed by atoms with van der Waals surface area (Å²) in [5.41, 5.74) is 7.50. The molecule has 0 bridgehead atoms. The van der Waals surface area contributed by atoms with Crippen molar-refractivity contribution < 1.29 is 14.4 Å². The van der Waals surface area contributed by atoms with E-state index in [0.29, 0.717) is 11.7 Å². The minimum absolute atomic E-state index is 0. The molecule has 1 aromatic heterocycles. The summed E-state index contributed by atoms with van der Waals surface area (Å²) in [5.74, 6) is 0.515. The highest BCUT2D eigenvalue weighted by molar-refractivity contribution is 5.85. The van der Waals surface area contributed by atoms with Gasteiger partial charge >= 0.3 is 0 Å². The van der Waals surface area contributed by atoms with Crippen LogP contribution >= 0.6 is 12.4 Å². The zero-order valence-corrected chi connectivity index (χ0v) is 19.3. The van der Waals surface area contributed by atoms with Crippen LogP contribution in [0.2, 0.25) is 0 Å². The molecule has 1 aromatic carbocycles. The Balaban J connectivity index is 0.00000480. The van der Waals surface area contributed by atoms with Crippen LogP contribution < -0.4 is 11.1 Å². The van der Waals surface area contributed by atoms with Crippen LogP contribution in [0.1, 0.15) is 76.2 Å². The molecule has 0 saturated carbocycles. The first-order chi connectivity index (χ1) is 14.6. The second kappa shape index (κ2) is 15.8. The number of carbonyl (C=O) groups is 1. The van der Waals surface area contributed by atoms with Crippen LogP contribution in [-0.4, -0.2) is 33.8 Å². The molecule has 0 aliphatic heterocycles. The fraction of sp³-hybridized carbons (Fsp3) is 0.609. The van der Waals surface area contributed by atoms with Crippen LogP contribution in [0, 0.1) is 0 Å². The van der Waals surface area contributed by atoms with Crippen molar-refractivity contribution in [2.75, 3.05) is 6.54 Å². The second-order valence-corrected chi connectivity index (χ2v) is 7.80. The van der Waals surface area contributed by atoms with Crippen LogP contribution in [0.15, 0.2) is 28.8 Å². The van der Waals surface area contributed by atoms with Gasteiger partial charge in [0, 0.05) is 12.1 Å². The molecule has 4 N–H and O–H groups in total. The number of amides is 1. The highest BCUT2D eigenvalue weighted by Gasteiger charge is 2.12. The van der Waals surface area contributed by atoms with Gasteiger partial charge in [-0.05, 0) is 18.4 Å². The van der Waals surface area contributed by atoms with Crippen LogP contribution in [0.4, 0.5) is 0 Å². The van der Waals surface area contributed by atoms with E-state index in [1.54, 1.807) is 0 Å². The summed E-state index contributed by atoms with van der Waals surface area (Å²) in [5, 5.41) is 16.0. The predicted octanol–water partition coefficient (Wildman–Crippen LogP) is 4.17. The van der Waals surface area contributed by atoms with E-state index in [2.05, 4.69) is 34.5 Å². The van der Waals surface area contributed by atoms with Crippen molar-refractivity contribution in [3.05, 3.63) is 35.7 Å². The summed E-state index contributed by atoms with van der Waals surface area (Å²) in [6.45, 7) is 2.42. The van der Waals surface area contributed by atoms with Gasteiger partial charge in [-0.1, -0.05) is 81.3 Å². The normalized spacial score (nSPS) is 11.7. The quantitative estimate of drug-likeness (QED) is 0.349. The lowest BCUT2D eigenvalue weighted by Gasteiger charge is -2.06. The van der Waals surface area contributed by atoms with Gasteiger partial charge in [0.25, 0.3) is 0 Å². The number of aryl methyl sites for hydroxylation is 1.